The fourth-order valence-corrected chi connectivity index (χ4v) is 2.76. The standard InChI is InChI=1S/C11H13ClN4O2S/c1-7(5-16-4-3-13-6-16)14-11-15-9(12)8(19-11)10(17)18-2/h3-4,6-7H,5H2,1-2H3,(H,14,15). The van der Waals surface area contributed by atoms with E-state index in [2.05, 4.69) is 20.0 Å². The van der Waals surface area contributed by atoms with Gasteiger partial charge in [-0.15, -0.1) is 0 Å². The van der Waals surface area contributed by atoms with E-state index in [9.17, 15) is 4.79 Å². The minimum Gasteiger partial charge on any atom is -0.465 e. The van der Waals surface area contributed by atoms with Gasteiger partial charge in [0.05, 0.1) is 13.4 Å². The number of aromatic nitrogens is 3. The largest absolute Gasteiger partial charge is 0.465 e. The minimum atomic E-state index is -0.474. The molecule has 0 aliphatic rings. The maximum absolute atomic E-state index is 11.4. The van der Waals surface area contributed by atoms with Gasteiger partial charge in [0, 0.05) is 25.0 Å². The van der Waals surface area contributed by atoms with Crippen molar-refractivity contribution >= 4 is 34.0 Å². The van der Waals surface area contributed by atoms with Crippen LogP contribution in [-0.2, 0) is 11.3 Å². The number of methoxy groups -OCH3 is 1. The summed E-state index contributed by atoms with van der Waals surface area (Å²) in [6, 6.07) is 0.127. The molecule has 2 aromatic heterocycles. The lowest BCUT2D eigenvalue weighted by atomic mass is 10.3. The summed E-state index contributed by atoms with van der Waals surface area (Å²) in [6.45, 7) is 2.75. The van der Waals surface area contributed by atoms with Crippen LogP contribution in [0.5, 0.6) is 0 Å². The highest BCUT2D eigenvalue weighted by Gasteiger charge is 2.18. The Morgan fingerprint density at radius 3 is 3.11 bits per heavy atom. The van der Waals surface area contributed by atoms with Crippen LogP contribution >= 0.6 is 22.9 Å². The maximum Gasteiger partial charge on any atom is 0.351 e. The third-order valence-corrected chi connectivity index (χ3v) is 3.72. The second-order valence-corrected chi connectivity index (χ2v) is 5.29. The quantitative estimate of drug-likeness (QED) is 0.858. The highest BCUT2D eigenvalue weighted by molar-refractivity contribution is 7.18. The third kappa shape index (κ3) is 3.45. The first-order valence-corrected chi connectivity index (χ1v) is 6.76. The van der Waals surface area contributed by atoms with Gasteiger partial charge in [-0.3, -0.25) is 0 Å². The predicted molar refractivity (Wildman–Crippen MR) is 73.8 cm³/mol. The van der Waals surface area contributed by atoms with Gasteiger partial charge in [0.15, 0.2) is 15.2 Å². The second kappa shape index (κ2) is 6.03. The van der Waals surface area contributed by atoms with E-state index in [0.717, 1.165) is 6.54 Å². The molecule has 0 aromatic carbocycles. The smallest absolute Gasteiger partial charge is 0.351 e. The Kier molecular flexibility index (Phi) is 4.39. The summed E-state index contributed by atoms with van der Waals surface area (Å²) in [5.74, 6) is -0.474. The van der Waals surface area contributed by atoms with Gasteiger partial charge in [-0.2, -0.15) is 0 Å². The molecule has 0 spiro atoms. The Balaban J connectivity index is 2.01. The number of imidazole rings is 1. The molecule has 0 aliphatic carbocycles. The molecule has 0 fully saturated rings. The van der Waals surface area contributed by atoms with Crippen molar-refractivity contribution in [3.63, 3.8) is 0 Å². The number of anilines is 1. The van der Waals surface area contributed by atoms with Crippen molar-refractivity contribution in [3.8, 4) is 0 Å². The fraction of sp³-hybridized carbons (Fsp3) is 0.364. The van der Waals surface area contributed by atoms with E-state index in [1.807, 2.05) is 17.7 Å². The molecule has 0 radical (unpaired) electrons. The Hall–Kier alpha value is -1.60. The summed E-state index contributed by atoms with van der Waals surface area (Å²) in [5, 5.41) is 3.94. The molecule has 0 aliphatic heterocycles. The zero-order valence-corrected chi connectivity index (χ0v) is 12.0. The summed E-state index contributed by atoms with van der Waals surface area (Å²) < 4.78 is 6.58. The lowest BCUT2D eigenvalue weighted by Crippen LogP contribution is -2.21. The van der Waals surface area contributed by atoms with E-state index < -0.39 is 5.97 Å². The molecule has 0 saturated heterocycles. The normalized spacial score (nSPS) is 12.2. The topological polar surface area (TPSA) is 69.0 Å². The van der Waals surface area contributed by atoms with Crippen LogP contribution in [0.4, 0.5) is 5.13 Å². The summed E-state index contributed by atoms with van der Waals surface area (Å²) in [6.07, 6.45) is 5.35. The Morgan fingerprint density at radius 2 is 2.47 bits per heavy atom. The number of thiazole rings is 1. The number of nitrogens with one attached hydrogen (secondary N) is 1. The molecule has 1 unspecified atom stereocenters. The molecular formula is C11H13ClN4O2S. The van der Waals surface area contributed by atoms with E-state index >= 15 is 0 Å². The summed E-state index contributed by atoms with van der Waals surface area (Å²) in [5.41, 5.74) is 0. The third-order valence-electron chi connectivity index (χ3n) is 2.37. The number of halogens is 1. The number of ether oxygens (including phenoxy) is 1. The molecule has 2 heterocycles. The van der Waals surface area contributed by atoms with Gasteiger partial charge in [0.25, 0.3) is 0 Å². The van der Waals surface area contributed by atoms with E-state index in [-0.39, 0.29) is 11.2 Å². The molecule has 1 atom stereocenters. The maximum atomic E-state index is 11.4. The summed E-state index contributed by atoms with van der Waals surface area (Å²) in [4.78, 5) is 19.8. The van der Waals surface area contributed by atoms with Crippen molar-refractivity contribution in [2.75, 3.05) is 12.4 Å². The van der Waals surface area contributed by atoms with Gasteiger partial charge >= 0.3 is 5.97 Å². The Labute approximate surface area is 119 Å². The van der Waals surface area contributed by atoms with Gasteiger partial charge in [-0.1, -0.05) is 22.9 Å². The van der Waals surface area contributed by atoms with E-state index in [0.29, 0.717) is 10.0 Å². The van der Waals surface area contributed by atoms with Crippen LogP contribution < -0.4 is 5.32 Å². The molecule has 2 rings (SSSR count). The highest BCUT2D eigenvalue weighted by Crippen LogP contribution is 2.27. The van der Waals surface area contributed by atoms with E-state index in [4.69, 9.17) is 11.6 Å². The number of rotatable bonds is 5. The van der Waals surface area contributed by atoms with E-state index in [1.165, 1.54) is 18.4 Å². The first-order valence-electron chi connectivity index (χ1n) is 5.57. The van der Waals surface area contributed by atoms with Crippen LogP contribution in [0, 0.1) is 0 Å². The number of carbonyl (C=O) groups excluding carboxylic acids is 1. The Bertz CT molecular complexity index is 555. The SMILES string of the molecule is COC(=O)c1sc(NC(C)Cn2ccnc2)nc1Cl. The molecule has 8 heteroatoms. The molecule has 0 bridgehead atoms. The van der Waals surface area contributed by atoms with E-state index in [1.54, 1.807) is 12.5 Å². The molecule has 102 valence electrons. The van der Waals surface area contributed by atoms with Gasteiger partial charge in [-0.05, 0) is 6.92 Å². The van der Waals surface area contributed by atoms with Crippen molar-refractivity contribution in [2.45, 2.75) is 19.5 Å². The summed E-state index contributed by atoms with van der Waals surface area (Å²) in [7, 11) is 1.31. The number of carbonyl (C=O) groups is 1. The number of hydrogen-bond acceptors (Lipinski definition) is 6. The number of esters is 1. The lowest BCUT2D eigenvalue weighted by Gasteiger charge is -2.12. The van der Waals surface area contributed by atoms with Gasteiger partial charge in [0.1, 0.15) is 0 Å². The molecular weight excluding hydrogens is 288 g/mol. The average Bonchev–Trinajstić information content (AvgIpc) is 2.98. The molecule has 0 saturated carbocycles. The van der Waals surface area contributed by atoms with Crippen LogP contribution in [0.3, 0.4) is 0 Å². The van der Waals surface area contributed by atoms with Crippen molar-refractivity contribution in [3.05, 3.63) is 28.8 Å². The molecule has 0 amide bonds. The van der Waals surface area contributed by atoms with Crippen LogP contribution in [-0.4, -0.2) is 33.7 Å². The first kappa shape index (κ1) is 13.8. The molecule has 2 aromatic rings. The fourth-order valence-electron chi connectivity index (χ4n) is 1.55. The van der Waals surface area contributed by atoms with Gasteiger partial charge in [-0.25, -0.2) is 14.8 Å². The second-order valence-electron chi connectivity index (χ2n) is 3.94. The zero-order valence-electron chi connectivity index (χ0n) is 10.5. The molecule has 19 heavy (non-hydrogen) atoms. The van der Waals surface area contributed by atoms with Crippen molar-refractivity contribution < 1.29 is 9.53 Å². The van der Waals surface area contributed by atoms with Crippen LogP contribution in [0.2, 0.25) is 5.15 Å². The van der Waals surface area contributed by atoms with Crippen LogP contribution in [0.25, 0.3) is 0 Å². The average molecular weight is 301 g/mol. The molecule has 6 nitrogen and oxygen atoms in total. The Morgan fingerprint density at radius 1 is 1.68 bits per heavy atom. The highest BCUT2D eigenvalue weighted by atomic mass is 35.5. The van der Waals surface area contributed by atoms with Gasteiger partial charge < -0.3 is 14.6 Å². The van der Waals surface area contributed by atoms with Crippen molar-refractivity contribution in [1.29, 1.82) is 0 Å². The van der Waals surface area contributed by atoms with Crippen molar-refractivity contribution in [2.24, 2.45) is 0 Å². The predicted octanol–water partition coefficient (Wildman–Crippen LogP) is 2.28. The lowest BCUT2D eigenvalue weighted by molar-refractivity contribution is 0.0606. The monoisotopic (exact) mass is 300 g/mol. The summed E-state index contributed by atoms with van der Waals surface area (Å²) >= 11 is 7.07. The van der Waals surface area contributed by atoms with Gasteiger partial charge in [0.2, 0.25) is 0 Å². The first-order chi connectivity index (χ1) is 9.10. The minimum absolute atomic E-state index is 0.127. The van der Waals surface area contributed by atoms with Crippen LogP contribution in [0.15, 0.2) is 18.7 Å². The van der Waals surface area contributed by atoms with Crippen LogP contribution in [0.1, 0.15) is 16.6 Å². The molecule has 1 N–H and O–H groups in total. The zero-order chi connectivity index (χ0) is 13.8. The number of hydrogen-bond donors (Lipinski definition) is 1. The van der Waals surface area contributed by atoms with Crippen molar-refractivity contribution in [1.82, 2.24) is 14.5 Å². The number of nitrogens with zero attached hydrogens (tertiary/aromatic N) is 3.